The Morgan fingerprint density at radius 3 is 2.79 bits per heavy atom. The van der Waals surface area contributed by atoms with E-state index in [1.54, 1.807) is 7.05 Å². The molecule has 6 nitrogen and oxygen atoms in total. The summed E-state index contributed by atoms with van der Waals surface area (Å²) in [5.74, 6) is -0.141. The van der Waals surface area contributed by atoms with Crippen molar-refractivity contribution in [2.45, 2.75) is 26.4 Å². The zero-order valence-electron chi connectivity index (χ0n) is 13.9. The first kappa shape index (κ1) is 16.4. The maximum atomic E-state index is 12.4. The van der Waals surface area contributed by atoms with Crippen LogP contribution in [0.4, 0.5) is 5.00 Å². The molecule has 1 aromatic carbocycles. The fourth-order valence-electron chi connectivity index (χ4n) is 2.56. The van der Waals surface area contributed by atoms with Crippen LogP contribution in [-0.4, -0.2) is 35.7 Å². The Labute approximate surface area is 145 Å². The molecular formula is C17H20N4O2S. The molecule has 0 bridgehead atoms. The number of carbonyl (C=O) groups excluding carboxylic acids is 1. The van der Waals surface area contributed by atoms with E-state index in [0.717, 1.165) is 22.0 Å². The molecule has 126 valence electrons. The van der Waals surface area contributed by atoms with E-state index in [4.69, 9.17) is 4.84 Å². The van der Waals surface area contributed by atoms with Crippen LogP contribution in [0, 0.1) is 13.8 Å². The topological polar surface area (TPSA) is 75.6 Å². The second-order valence-corrected chi connectivity index (χ2v) is 6.54. The first-order chi connectivity index (χ1) is 11.6. The highest BCUT2D eigenvalue weighted by Gasteiger charge is 2.24. The summed E-state index contributed by atoms with van der Waals surface area (Å²) in [4.78, 5) is 17.8. The number of hydrogen-bond donors (Lipinski definition) is 2. The molecule has 1 aliphatic rings. The van der Waals surface area contributed by atoms with Crippen LogP contribution < -0.4 is 10.6 Å². The lowest BCUT2D eigenvalue weighted by atomic mass is 10.0. The second-order valence-electron chi connectivity index (χ2n) is 5.77. The Bertz CT molecular complexity index is 767. The summed E-state index contributed by atoms with van der Waals surface area (Å²) in [6, 6.07) is 8.19. The molecule has 1 aromatic heterocycles. The van der Waals surface area contributed by atoms with Gasteiger partial charge in [0.2, 0.25) is 0 Å². The summed E-state index contributed by atoms with van der Waals surface area (Å²) in [5, 5.41) is 10.8. The number of rotatable bonds is 5. The molecule has 1 atom stereocenters. The van der Waals surface area contributed by atoms with Crippen LogP contribution in [0.25, 0.3) is 0 Å². The van der Waals surface area contributed by atoms with Crippen molar-refractivity contribution in [3.63, 3.8) is 0 Å². The maximum Gasteiger partial charge on any atom is 0.256 e. The molecule has 0 saturated heterocycles. The Balaban J connectivity index is 1.56. The quantitative estimate of drug-likeness (QED) is 0.874. The van der Waals surface area contributed by atoms with E-state index < -0.39 is 0 Å². The number of nitrogens with zero attached hydrogens (tertiary/aromatic N) is 2. The van der Waals surface area contributed by atoms with Gasteiger partial charge in [0.1, 0.15) is 11.1 Å². The van der Waals surface area contributed by atoms with Crippen LogP contribution in [-0.2, 0) is 4.84 Å². The lowest BCUT2D eigenvalue weighted by Crippen LogP contribution is -2.32. The van der Waals surface area contributed by atoms with Gasteiger partial charge in [-0.3, -0.25) is 4.79 Å². The van der Waals surface area contributed by atoms with Gasteiger partial charge in [-0.25, -0.2) is 0 Å². The zero-order chi connectivity index (χ0) is 17.1. The van der Waals surface area contributed by atoms with E-state index in [-0.39, 0.29) is 12.0 Å². The van der Waals surface area contributed by atoms with E-state index in [2.05, 4.69) is 39.2 Å². The normalized spacial score (nSPS) is 16.5. The maximum absolute atomic E-state index is 12.4. The molecular weight excluding hydrogens is 324 g/mol. The van der Waals surface area contributed by atoms with Crippen LogP contribution in [0.15, 0.2) is 29.4 Å². The van der Waals surface area contributed by atoms with Crippen molar-refractivity contribution in [2.75, 3.05) is 18.9 Å². The molecule has 0 radical (unpaired) electrons. The summed E-state index contributed by atoms with van der Waals surface area (Å²) < 4.78 is 4.21. The Morgan fingerprint density at radius 1 is 1.33 bits per heavy atom. The summed E-state index contributed by atoms with van der Waals surface area (Å²) >= 11 is 1.29. The van der Waals surface area contributed by atoms with Crippen LogP contribution in [0.3, 0.4) is 0 Å². The molecule has 2 aromatic rings. The lowest BCUT2D eigenvalue weighted by Gasteiger charge is -2.10. The molecule has 0 spiro atoms. The van der Waals surface area contributed by atoms with Crippen LogP contribution in [0.5, 0.6) is 0 Å². The van der Waals surface area contributed by atoms with E-state index in [9.17, 15) is 4.79 Å². The van der Waals surface area contributed by atoms with Gasteiger partial charge in [0.05, 0.1) is 23.5 Å². The fourth-order valence-corrected chi connectivity index (χ4v) is 3.30. The monoisotopic (exact) mass is 344 g/mol. The van der Waals surface area contributed by atoms with Crippen LogP contribution in [0.1, 0.15) is 33.6 Å². The summed E-state index contributed by atoms with van der Waals surface area (Å²) in [7, 11) is 1.78. The third-order valence-electron chi connectivity index (χ3n) is 3.92. The molecule has 0 aliphatic carbocycles. The van der Waals surface area contributed by atoms with E-state index in [1.807, 2.05) is 19.1 Å². The third kappa shape index (κ3) is 3.41. The smallest absolute Gasteiger partial charge is 0.256 e. The highest BCUT2D eigenvalue weighted by atomic mass is 32.1. The van der Waals surface area contributed by atoms with Gasteiger partial charge in [-0.05, 0) is 30.9 Å². The van der Waals surface area contributed by atoms with Crippen molar-refractivity contribution in [3.05, 3.63) is 46.6 Å². The largest absolute Gasteiger partial charge is 0.390 e. The average molecular weight is 344 g/mol. The Kier molecular flexibility index (Phi) is 4.80. The number of hydrogen-bond acceptors (Lipinski definition) is 6. The first-order valence-corrected chi connectivity index (χ1v) is 8.57. The van der Waals surface area contributed by atoms with E-state index in [0.29, 0.717) is 18.5 Å². The summed E-state index contributed by atoms with van der Waals surface area (Å²) in [6.07, 6.45) is 0.540. The lowest BCUT2D eigenvalue weighted by molar-refractivity contribution is 0.0754. The van der Waals surface area contributed by atoms with Gasteiger partial charge in [-0.1, -0.05) is 35.0 Å². The SMILES string of the molecule is CNc1snc(C)c1C(=O)NCC1CC(c2ccc(C)cc2)=NO1. The average Bonchev–Trinajstić information content (AvgIpc) is 3.20. The molecule has 1 aliphatic heterocycles. The van der Waals surface area contributed by atoms with Gasteiger partial charge < -0.3 is 15.5 Å². The van der Waals surface area contributed by atoms with Crippen molar-refractivity contribution in [1.82, 2.24) is 9.69 Å². The van der Waals surface area contributed by atoms with Crippen molar-refractivity contribution >= 4 is 28.2 Å². The number of aromatic nitrogens is 1. The molecule has 0 fully saturated rings. The number of carbonyl (C=O) groups is 1. The van der Waals surface area contributed by atoms with Crippen LogP contribution in [0.2, 0.25) is 0 Å². The Morgan fingerprint density at radius 2 is 2.08 bits per heavy atom. The number of oxime groups is 1. The molecule has 7 heteroatoms. The highest BCUT2D eigenvalue weighted by Crippen LogP contribution is 2.24. The molecule has 1 amide bonds. The van der Waals surface area contributed by atoms with Gasteiger partial charge in [0.15, 0.2) is 0 Å². The van der Waals surface area contributed by atoms with E-state index >= 15 is 0 Å². The molecule has 2 N–H and O–H groups in total. The molecule has 3 rings (SSSR count). The first-order valence-electron chi connectivity index (χ1n) is 7.80. The van der Waals surface area contributed by atoms with Crippen LogP contribution >= 0.6 is 11.5 Å². The number of aryl methyl sites for hydroxylation is 2. The van der Waals surface area contributed by atoms with Crippen molar-refractivity contribution < 1.29 is 9.63 Å². The predicted octanol–water partition coefficient (Wildman–Crippen LogP) is 2.72. The standard InChI is InChI=1S/C17H20N4O2S/c1-10-4-6-12(7-5-10)14-8-13(23-20-14)9-19-16(22)15-11(2)21-24-17(15)18-3/h4-7,13,18H,8-9H2,1-3H3,(H,19,22). The second kappa shape index (κ2) is 7.00. The van der Waals surface area contributed by atoms with Gasteiger partial charge in [-0.15, -0.1) is 0 Å². The number of benzene rings is 1. The van der Waals surface area contributed by atoms with E-state index in [1.165, 1.54) is 17.1 Å². The van der Waals surface area contributed by atoms with Crippen molar-refractivity contribution in [2.24, 2.45) is 5.16 Å². The Hall–Kier alpha value is -2.41. The van der Waals surface area contributed by atoms with Crippen molar-refractivity contribution in [1.29, 1.82) is 0 Å². The van der Waals surface area contributed by atoms with Gasteiger partial charge in [0.25, 0.3) is 5.91 Å². The molecule has 1 unspecified atom stereocenters. The van der Waals surface area contributed by atoms with Gasteiger partial charge in [0, 0.05) is 13.5 Å². The predicted molar refractivity (Wildman–Crippen MR) is 95.9 cm³/mol. The number of nitrogens with one attached hydrogen (secondary N) is 2. The number of amides is 1. The number of anilines is 1. The molecule has 2 heterocycles. The highest BCUT2D eigenvalue weighted by molar-refractivity contribution is 7.10. The van der Waals surface area contributed by atoms with Gasteiger partial charge in [-0.2, -0.15) is 4.37 Å². The fraction of sp³-hybridized carbons (Fsp3) is 0.353. The minimum atomic E-state index is -0.143. The summed E-state index contributed by atoms with van der Waals surface area (Å²) in [5.41, 5.74) is 4.51. The minimum absolute atomic E-state index is 0.141. The summed E-state index contributed by atoms with van der Waals surface area (Å²) in [6.45, 7) is 4.29. The van der Waals surface area contributed by atoms with Gasteiger partial charge >= 0.3 is 0 Å². The molecule has 0 saturated carbocycles. The third-order valence-corrected chi connectivity index (χ3v) is 4.88. The minimum Gasteiger partial charge on any atom is -0.390 e. The van der Waals surface area contributed by atoms with Crippen molar-refractivity contribution in [3.8, 4) is 0 Å². The molecule has 24 heavy (non-hydrogen) atoms. The zero-order valence-corrected chi connectivity index (χ0v) is 14.7.